The molecule has 3 rings (SSSR count). The van der Waals surface area contributed by atoms with Crippen LogP contribution in [-0.4, -0.2) is 52.9 Å². The molecule has 1 aromatic carbocycles. The van der Waals surface area contributed by atoms with Crippen molar-refractivity contribution >= 4 is 11.8 Å². The van der Waals surface area contributed by atoms with E-state index in [2.05, 4.69) is 18.7 Å². The number of nitrogens with zero attached hydrogens (tertiary/aromatic N) is 2. The first-order chi connectivity index (χ1) is 12.5. The zero-order chi connectivity index (χ0) is 18.7. The Morgan fingerprint density at radius 3 is 2.69 bits per heavy atom. The van der Waals surface area contributed by atoms with Gasteiger partial charge >= 0.3 is 0 Å². The van der Waals surface area contributed by atoms with Crippen molar-refractivity contribution < 1.29 is 14.7 Å². The van der Waals surface area contributed by atoms with Gasteiger partial charge in [-0.05, 0) is 75.0 Å². The molecule has 26 heavy (non-hydrogen) atoms. The molecule has 142 valence electrons. The van der Waals surface area contributed by atoms with Crippen LogP contribution in [-0.2, 0) is 21.4 Å². The number of hydrogen-bond donors (Lipinski definition) is 1. The Balaban J connectivity index is 1.71. The summed E-state index contributed by atoms with van der Waals surface area (Å²) in [7, 11) is 0. The maximum Gasteiger partial charge on any atom is 0.240 e. The maximum atomic E-state index is 13.2. The molecule has 1 heterocycles. The van der Waals surface area contributed by atoms with Crippen molar-refractivity contribution in [3.05, 3.63) is 29.3 Å². The quantitative estimate of drug-likeness (QED) is 0.601. The van der Waals surface area contributed by atoms with Crippen LogP contribution < -0.4 is 0 Å². The second-order valence-electron chi connectivity index (χ2n) is 7.54. The van der Waals surface area contributed by atoms with Gasteiger partial charge in [0.2, 0.25) is 11.8 Å². The minimum Gasteiger partial charge on any atom is -0.508 e. The van der Waals surface area contributed by atoms with E-state index in [1.54, 1.807) is 12.1 Å². The summed E-state index contributed by atoms with van der Waals surface area (Å²) in [5, 5.41) is 9.91. The number of aryl methyl sites for hydroxylation is 1. The summed E-state index contributed by atoms with van der Waals surface area (Å²) < 4.78 is 0. The van der Waals surface area contributed by atoms with Crippen LogP contribution in [0.15, 0.2) is 18.2 Å². The number of phenolic OH excluding ortho intramolecular Hbond substituents is 1. The number of carbonyl (C=O) groups is 2. The van der Waals surface area contributed by atoms with Crippen LogP contribution in [0.5, 0.6) is 5.75 Å². The SMILES string of the molecule is CCN(CC)CCCCN1C(=O)CC2(CCCc3ccc(O)cc32)C1=O. The average Bonchev–Trinajstić information content (AvgIpc) is 2.87. The maximum absolute atomic E-state index is 13.2. The lowest BCUT2D eigenvalue weighted by molar-refractivity contribution is -0.140. The van der Waals surface area contributed by atoms with E-state index in [4.69, 9.17) is 0 Å². The van der Waals surface area contributed by atoms with E-state index in [0.29, 0.717) is 13.0 Å². The van der Waals surface area contributed by atoms with E-state index < -0.39 is 5.41 Å². The number of fused-ring (bicyclic) bond motifs is 2. The van der Waals surface area contributed by atoms with Gasteiger partial charge in [-0.15, -0.1) is 0 Å². The first-order valence-electron chi connectivity index (χ1n) is 9.91. The number of unbranched alkanes of at least 4 members (excludes halogenated alkanes) is 1. The van der Waals surface area contributed by atoms with E-state index in [1.807, 2.05) is 6.07 Å². The minimum absolute atomic E-state index is 0.0584. The summed E-state index contributed by atoms with van der Waals surface area (Å²) in [5.41, 5.74) is 1.22. The van der Waals surface area contributed by atoms with Crippen molar-refractivity contribution in [2.75, 3.05) is 26.2 Å². The molecule has 1 atom stereocenters. The molecule has 5 heteroatoms. The van der Waals surface area contributed by atoms with Gasteiger partial charge in [0.1, 0.15) is 5.75 Å². The number of imide groups is 1. The lowest BCUT2D eigenvalue weighted by atomic mass is 9.69. The van der Waals surface area contributed by atoms with Gasteiger partial charge in [0.05, 0.1) is 5.41 Å². The van der Waals surface area contributed by atoms with Crippen LogP contribution in [0, 0.1) is 0 Å². The monoisotopic (exact) mass is 358 g/mol. The fourth-order valence-electron chi connectivity index (χ4n) is 4.52. The number of aromatic hydroxyl groups is 1. The summed E-state index contributed by atoms with van der Waals surface area (Å²) >= 11 is 0. The van der Waals surface area contributed by atoms with Gasteiger partial charge in [-0.1, -0.05) is 19.9 Å². The Kier molecular flexibility index (Phi) is 5.66. The third-order valence-corrected chi connectivity index (χ3v) is 6.07. The van der Waals surface area contributed by atoms with Crippen LogP contribution in [0.2, 0.25) is 0 Å². The molecule has 1 aliphatic carbocycles. The second kappa shape index (κ2) is 7.78. The summed E-state index contributed by atoms with van der Waals surface area (Å²) in [6, 6.07) is 5.27. The van der Waals surface area contributed by atoms with Gasteiger partial charge in [0.15, 0.2) is 0 Å². The van der Waals surface area contributed by atoms with Crippen LogP contribution in [0.25, 0.3) is 0 Å². The molecule has 2 amide bonds. The molecule has 0 aromatic heterocycles. The average molecular weight is 358 g/mol. The van der Waals surface area contributed by atoms with Crippen molar-refractivity contribution in [3.63, 3.8) is 0 Å². The number of phenols is 1. The molecule has 0 saturated carbocycles. The van der Waals surface area contributed by atoms with Crippen LogP contribution in [0.4, 0.5) is 0 Å². The predicted molar refractivity (Wildman–Crippen MR) is 101 cm³/mol. The molecule has 2 aliphatic rings. The Morgan fingerprint density at radius 1 is 1.19 bits per heavy atom. The van der Waals surface area contributed by atoms with Gasteiger partial charge in [-0.2, -0.15) is 0 Å². The second-order valence-corrected chi connectivity index (χ2v) is 7.54. The fourth-order valence-corrected chi connectivity index (χ4v) is 4.52. The van der Waals surface area contributed by atoms with E-state index >= 15 is 0 Å². The van der Waals surface area contributed by atoms with Gasteiger partial charge in [0.25, 0.3) is 0 Å². The molecule has 0 bridgehead atoms. The van der Waals surface area contributed by atoms with E-state index in [0.717, 1.165) is 56.4 Å². The summed E-state index contributed by atoms with van der Waals surface area (Å²) in [5.74, 6) is 0.0499. The van der Waals surface area contributed by atoms with Crippen LogP contribution in [0.3, 0.4) is 0 Å². The van der Waals surface area contributed by atoms with Gasteiger partial charge in [-0.3, -0.25) is 14.5 Å². The van der Waals surface area contributed by atoms with Crippen molar-refractivity contribution in [2.24, 2.45) is 0 Å². The highest BCUT2D eigenvalue weighted by Gasteiger charge is 2.53. The molecular weight excluding hydrogens is 328 g/mol. The van der Waals surface area contributed by atoms with Crippen LogP contribution in [0.1, 0.15) is 57.1 Å². The fraction of sp³-hybridized carbons (Fsp3) is 0.619. The topological polar surface area (TPSA) is 60.9 Å². The molecular formula is C21H30N2O3. The Morgan fingerprint density at radius 2 is 1.96 bits per heavy atom. The van der Waals surface area contributed by atoms with E-state index in [9.17, 15) is 14.7 Å². The minimum atomic E-state index is -0.748. The lowest BCUT2D eigenvalue weighted by Gasteiger charge is -2.33. The third kappa shape index (κ3) is 3.37. The number of carbonyl (C=O) groups excluding carboxylic acids is 2. The van der Waals surface area contributed by atoms with Crippen molar-refractivity contribution in [3.8, 4) is 5.75 Å². The Hall–Kier alpha value is -1.88. The van der Waals surface area contributed by atoms with Gasteiger partial charge < -0.3 is 10.0 Å². The van der Waals surface area contributed by atoms with E-state index in [1.165, 1.54) is 4.90 Å². The predicted octanol–water partition coefficient (Wildman–Crippen LogP) is 2.85. The number of likely N-dealkylation sites (tertiary alicyclic amines) is 1. The zero-order valence-electron chi connectivity index (χ0n) is 16.0. The molecule has 1 fully saturated rings. The summed E-state index contributed by atoms with van der Waals surface area (Å²) in [4.78, 5) is 29.7. The first kappa shape index (κ1) is 18.9. The molecule has 1 aliphatic heterocycles. The largest absolute Gasteiger partial charge is 0.508 e. The molecule has 5 nitrogen and oxygen atoms in total. The zero-order valence-corrected chi connectivity index (χ0v) is 16.0. The molecule has 1 N–H and O–H groups in total. The molecule has 0 radical (unpaired) electrons. The standard InChI is InChI=1S/C21H30N2O3/c1-3-22(4-2)12-5-6-13-23-19(25)15-21(20(23)26)11-7-8-16-9-10-17(24)14-18(16)21/h9-10,14,24H,3-8,11-13,15H2,1-2H3. The van der Waals surface area contributed by atoms with Crippen molar-refractivity contribution in [2.45, 2.75) is 57.8 Å². The number of hydrogen-bond acceptors (Lipinski definition) is 4. The van der Waals surface area contributed by atoms with E-state index in [-0.39, 0.29) is 24.0 Å². The summed E-state index contributed by atoms with van der Waals surface area (Å²) in [6.07, 6.45) is 4.59. The number of amides is 2. The smallest absolute Gasteiger partial charge is 0.240 e. The molecule has 1 unspecified atom stereocenters. The molecule has 1 saturated heterocycles. The number of rotatable bonds is 7. The Labute approximate surface area is 156 Å². The number of benzene rings is 1. The highest BCUT2D eigenvalue weighted by molar-refractivity contribution is 6.09. The van der Waals surface area contributed by atoms with Crippen LogP contribution >= 0.6 is 0 Å². The first-order valence-corrected chi connectivity index (χ1v) is 9.91. The molecule has 1 aromatic rings. The van der Waals surface area contributed by atoms with Gasteiger partial charge in [-0.25, -0.2) is 0 Å². The Bertz CT molecular complexity index is 684. The highest BCUT2D eigenvalue weighted by Crippen LogP contribution is 2.46. The normalized spacial score (nSPS) is 22.5. The highest BCUT2D eigenvalue weighted by atomic mass is 16.3. The lowest BCUT2D eigenvalue weighted by Crippen LogP contribution is -2.41. The van der Waals surface area contributed by atoms with Crippen molar-refractivity contribution in [1.29, 1.82) is 0 Å². The van der Waals surface area contributed by atoms with Gasteiger partial charge in [0, 0.05) is 13.0 Å². The summed E-state index contributed by atoms with van der Waals surface area (Å²) in [6.45, 7) is 7.87. The van der Waals surface area contributed by atoms with Crippen molar-refractivity contribution in [1.82, 2.24) is 9.80 Å². The molecule has 1 spiro atoms. The third-order valence-electron chi connectivity index (χ3n) is 6.07.